The van der Waals surface area contributed by atoms with Gasteiger partial charge in [0.15, 0.2) is 0 Å². The van der Waals surface area contributed by atoms with E-state index in [9.17, 15) is 14.4 Å². The van der Waals surface area contributed by atoms with Crippen LogP contribution in [-0.4, -0.2) is 54.2 Å². The molecular formula is C16H17ClN4O3. The van der Waals surface area contributed by atoms with Gasteiger partial charge in [0, 0.05) is 26.3 Å². The summed E-state index contributed by atoms with van der Waals surface area (Å²) >= 11 is 5.90. The van der Waals surface area contributed by atoms with E-state index in [1.165, 1.54) is 28.0 Å². The fraction of sp³-hybridized carbons (Fsp3) is 0.375. The molecule has 0 bridgehead atoms. The molecule has 1 aromatic rings. The van der Waals surface area contributed by atoms with Crippen LogP contribution in [0, 0.1) is 11.3 Å². The fourth-order valence-electron chi connectivity index (χ4n) is 2.56. The lowest BCUT2D eigenvalue weighted by Crippen LogP contribution is -2.48. The summed E-state index contributed by atoms with van der Waals surface area (Å²) in [6.07, 6.45) is 1.21. The van der Waals surface area contributed by atoms with E-state index < -0.39 is 17.9 Å². The van der Waals surface area contributed by atoms with Gasteiger partial charge >= 0.3 is 11.8 Å². The maximum absolute atomic E-state index is 12.4. The number of nitriles is 1. The normalized spacial score (nSPS) is 16.4. The first-order valence-electron chi connectivity index (χ1n) is 7.38. The number of anilines is 1. The summed E-state index contributed by atoms with van der Waals surface area (Å²) in [5.41, 5.74) is 0.587. The van der Waals surface area contributed by atoms with Crippen LogP contribution in [0.2, 0.25) is 5.02 Å². The van der Waals surface area contributed by atoms with Crippen LogP contribution >= 0.6 is 11.6 Å². The second-order valence-electron chi connectivity index (χ2n) is 5.65. The van der Waals surface area contributed by atoms with Gasteiger partial charge in [-0.1, -0.05) is 11.6 Å². The molecular weight excluding hydrogens is 332 g/mol. The lowest BCUT2D eigenvalue weighted by Gasteiger charge is -2.25. The molecule has 0 aliphatic carbocycles. The average Bonchev–Trinajstić information content (AvgIpc) is 3.02. The highest BCUT2D eigenvalue weighted by Crippen LogP contribution is 2.22. The zero-order valence-corrected chi connectivity index (χ0v) is 14.1. The SMILES string of the molecule is CN(C)C(=O)C1CCCN1C(=O)C(=O)Nc1ccc(C#N)c(Cl)c1. The number of hydrogen-bond donors (Lipinski definition) is 1. The van der Waals surface area contributed by atoms with Crippen molar-refractivity contribution in [2.75, 3.05) is 26.0 Å². The van der Waals surface area contributed by atoms with Crippen molar-refractivity contribution in [3.63, 3.8) is 0 Å². The first-order valence-corrected chi connectivity index (χ1v) is 7.75. The number of carbonyl (C=O) groups is 3. The first kappa shape index (κ1) is 17.8. The second kappa shape index (κ2) is 7.32. The molecule has 1 heterocycles. The predicted molar refractivity (Wildman–Crippen MR) is 88.2 cm³/mol. The van der Waals surface area contributed by atoms with Crippen LogP contribution in [0.4, 0.5) is 5.69 Å². The van der Waals surface area contributed by atoms with Crippen molar-refractivity contribution in [1.82, 2.24) is 9.80 Å². The molecule has 1 saturated heterocycles. The van der Waals surface area contributed by atoms with Gasteiger partial charge in [0.1, 0.15) is 12.1 Å². The van der Waals surface area contributed by atoms with Crippen LogP contribution < -0.4 is 5.32 Å². The molecule has 1 fully saturated rings. The molecule has 8 heteroatoms. The van der Waals surface area contributed by atoms with E-state index in [4.69, 9.17) is 16.9 Å². The average molecular weight is 349 g/mol. The number of carbonyl (C=O) groups excluding carboxylic acids is 3. The number of nitrogens with one attached hydrogen (secondary N) is 1. The molecule has 1 aliphatic rings. The van der Waals surface area contributed by atoms with Gasteiger partial charge in [0.25, 0.3) is 0 Å². The second-order valence-corrected chi connectivity index (χ2v) is 6.06. The number of likely N-dealkylation sites (N-methyl/N-ethyl adjacent to an activating group) is 1. The molecule has 1 atom stereocenters. The van der Waals surface area contributed by atoms with Crippen LogP contribution in [0.1, 0.15) is 18.4 Å². The fourth-order valence-corrected chi connectivity index (χ4v) is 2.79. The standard InChI is InChI=1S/C16H17ClN4O3/c1-20(2)15(23)13-4-3-7-21(13)16(24)14(22)19-11-6-5-10(9-18)12(17)8-11/h5-6,8,13H,3-4,7H2,1-2H3,(H,19,22). The number of amides is 3. The van der Waals surface area contributed by atoms with Gasteiger partial charge in [-0.2, -0.15) is 5.26 Å². The third-order valence-corrected chi connectivity index (χ3v) is 4.09. The minimum Gasteiger partial charge on any atom is -0.347 e. The van der Waals surface area contributed by atoms with E-state index in [0.717, 1.165) is 0 Å². The first-order chi connectivity index (χ1) is 11.3. The van der Waals surface area contributed by atoms with Crippen LogP contribution in [0.5, 0.6) is 0 Å². The van der Waals surface area contributed by atoms with Crippen molar-refractivity contribution in [3.05, 3.63) is 28.8 Å². The van der Waals surface area contributed by atoms with Gasteiger partial charge in [-0.05, 0) is 31.0 Å². The Morgan fingerprint density at radius 2 is 2.08 bits per heavy atom. The number of hydrogen-bond acceptors (Lipinski definition) is 4. The Balaban J connectivity index is 2.09. The molecule has 126 valence electrons. The smallest absolute Gasteiger partial charge is 0.313 e. The Bertz CT molecular complexity index is 727. The number of nitrogens with zero attached hydrogens (tertiary/aromatic N) is 3. The lowest BCUT2D eigenvalue weighted by atomic mass is 10.2. The summed E-state index contributed by atoms with van der Waals surface area (Å²) in [5.74, 6) is -1.79. The van der Waals surface area contributed by atoms with Crippen molar-refractivity contribution in [3.8, 4) is 6.07 Å². The Morgan fingerprint density at radius 1 is 1.38 bits per heavy atom. The Kier molecular flexibility index (Phi) is 5.42. The third kappa shape index (κ3) is 3.66. The molecule has 2 rings (SSSR count). The van der Waals surface area contributed by atoms with Gasteiger partial charge < -0.3 is 15.1 Å². The Morgan fingerprint density at radius 3 is 2.67 bits per heavy atom. The summed E-state index contributed by atoms with van der Waals surface area (Å²) in [7, 11) is 3.23. The maximum atomic E-state index is 12.4. The largest absolute Gasteiger partial charge is 0.347 e. The molecule has 0 radical (unpaired) electrons. The van der Waals surface area contributed by atoms with Crippen LogP contribution in [0.3, 0.4) is 0 Å². The molecule has 1 N–H and O–H groups in total. The zero-order chi connectivity index (χ0) is 17.9. The zero-order valence-electron chi connectivity index (χ0n) is 13.4. The van der Waals surface area contributed by atoms with Crippen molar-refractivity contribution in [2.24, 2.45) is 0 Å². The summed E-state index contributed by atoms with van der Waals surface area (Å²) in [5, 5.41) is 11.5. The highest BCUT2D eigenvalue weighted by atomic mass is 35.5. The number of halogens is 1. The Hall–Kier alpha value is -2.59. The van der Waals surface area contributed by atoms with Crippen molar-refractivity contribution in [1.29, 1.82) is 5.26 Å². The summed E-state index contributed by atoms with van der Waals surface area (Å²) in [4.78, 5) is 39.3. The van der Waals surface area contributed by atoms with Gasteiger partial charge in [-0.3, -0.25) is 14.4 Å². The summed E-state index contributed by atoms with van der Waals surface area (Å²) < 4.78 is 0. The maximum Gasteiger partial charge on any atom is 0.313 e. The van der Waals surface area contributed by atoms with E-state index in [-0.39, 0.29) is 16.5 Å². The van der Waals surface area contributed by atoms with Crippen LogP contribution in [0.15, 0.2) is 18.2 Å². The number of rotatable bonds is 2. The molecule has 24 heavy (non-hydrogen) atoms. The molecule has 0 saturated carbocycles. The molecule has 1 aliphatic heterocycles. The number of likely N-dealkylation sites (tertiary alicyclic amines) is 1. The van der Waals surface area contributed by atoms with Gasteiger partial charge in [0.2, 0.25) is 5.91 Å². The van der Waals surface area contributed by atoms with E-state index in [0.29, 0.717) is 25.1 Å². The molecule has 0 spiro atoms. The molecule has 3 amide bonds. The molecule has 1 unspecified atom stereocenters. The minimum absolute atomic E-state index is 0.185. The topological polar surface area (TPSA) is 93.5 Å². The van der Waals surface area contributed by atoms with E-state index in [1.807, 2.05) is 6.07 Å². The highest BCUT2D eigenvalue weighted by Gasteiger charge is 2.37. The van der Waals surface area contributed by atoms with Crippen LogP contribution in [-0.2, 0) is 14.4 Å². The quantitative estimate of drug-likeness (QED) is 0.813. The van der Waals surface area contributed by atoms with E-state index in [1.54, 1.807) is 14.1 Å². The monoisotopic (exact) mass is 348 g/mol. The van der Waals surface area contributed by atoms with E-state index >= 15 is 0 Å². The van der Waals surface area contributed by atoms with E-state index in [2.05, 4.69) is 5.32 Å². The van der Waals surface area contributed by atoms with Gasteiger partial charge in [0.05, 0.1) is 10.6 Å². The number of benzene rings is 1. The van der Waals surface area contributed by atoms with Gasteiger partial charge in [-0.15, -0.1) is 0 Å². The lowest BCUT2D eigenvalue weighted by molar-refractivity contribution is -0.147. The minimum atomic E-state index is -0.839. The summed E-state index contributed by atoms with van der Waals surface area (Å²) in [6.45, 7) is 0.366. The molecule has 7 nitrogen and oxygen atoms in total. The van der Waals surface area contributed by atoms with Crippen molar-refractivity contribution in [2.45, 2.75) is 18.9 Å². The summed E-state index contributed by atoms with van der Waals surface area (Å²) in [6, 6.07) is 5.65. The predicted octanol–water partition coefficient (Wildman–Crippen LogP) is 1.23. The van der Waals surface area contributed by atoms with Crippen LogP contribution in [0.25, 0.3) is 0 Å². The van der Waals surface area contributed by atoms with Crippen molar-refractivity contribution >= 4 is 35.0 Å². The third-order valence-electron chi connectivity index (χ3n) is 3.78. The molecule has 0 aromatic heterocycles. The molecule has 1 aromatic carbocycles. The highest BCUT2D eigenvalue weighted by molar-refractivity contribution is 6.40. The Labute approximate surface area is 144 Å². The van der Waals surface area contributed by atoms with Gasteiger partial charge in [-0.25, -0.2) is 0 Å². The van der Waals surface area contributed by atoms with Crippen molar-refractivity contribution < 1.29 is 14.4 Å².